The van der Waals surface area contributed by atoms with E-state index in [-0.39, 0.29) is 5.69 Å². The molecule has 0 aromatic heterocycles. The molecular formula is C15H19FN2O3. The molecule has 1 aromatic rings. The van der Waals surface area contributed by atoms with E-state index in [4.69, 9.17) is 5.11 Å². The SMILES string of the molecule is CC1CCC(CNC(=O)Nc2cccc(F)c2C(=O)O)C1. The topological polar surface area (TPSA) is 78.4 Å². The van der Waals surface area contributed by atoms with Gasteiger partial charge in [-0.3, -0.25) is 0 Å². The number of hydrogen-bond acceptors (Lipinski definition) is 2. The average molecular weight is 294 g/mol. The van der Waals surface area contributed by atoms with Crippen LogP contribution in [0.3, 0.4) is 0 Å². The molecule has 114 valence electrons. The third-order valence-corrected chi connectivity index (χ3v) is 3.83. The van der Waals surface area contributed by atoms with E-state index in [2.05, 4.69) is 17.6 Å². The Morgan fingerprint density at radius 2 is 2.14 bits per heavy atom. The summed E-state index contributed by atoms with van der Waals surface area (Å²) in [6.45, 7) is 2.74. The number of aromatic carboxylic acids is 1. The fourth-order valence-electron chi connectivity index (χ4n) is 2.76. The van der Waals surface area contributed by atoms with Crippen LogP contribution in [-0.2, 0) is 0 Å². The minimum atomic E-state index is -1.41. The maximum absolute atomic E-state index is 13.5. The molecule has 1 saturated carbocycles. The van der Waals surface area contributed by atoms with Crippen LogP contribution < -0.4 is 10.6 Å². The Morgan fingerprint density at radius 3 is 2.76 bits per heavy atom. The molecule has 1 aromatic carbocycles. The summed E-state index contributed by atoms with van der Waals surface area (Å²) in [5.74, 6) is -1.14. The Kier molecular flexibility index (Phi) is 4.77. The van der Waals surface area contributed by atoms with Crippen LogP contribution in [0.1, 0.15) is 36.5 Å². The molecule has 0 saturated heterocycles. The van der Waals surface area contributed by atoms with Gasteiger partial charge in [-0.05, 0) is 36.8 Å². The second-order valence-electron chi connectivity index (χ2n) is 5.59. The molecule has 1 aliphatic carbocycles. The van der Waals surface area contributed by atoms with Crippen molar-refractivity contribution in [2.75, 3.05) is 11.9 Å². The fourth-order valence-corrected chi connectivity index (χ4v) is 2.76. The lowest BCUT2D eigenvalue weighted by Crippen LogP contribution is -2.33. The standard InChI is InChI=1S/C15H19FN2O3/c1-9-5-6-10(7-9)8-17-15(21)18-12-4-2-3-11(16)13(12)14(19)20/h2-4,9-10H,5-8H2,1H3,(H,19,20)(H2,17,18,21). The quantitative estimate of drug-likeness (QED) is 0.798. The minimum Gasteiger partial charge on any atom is -0.478 e. The number of anilines is 1. The molecule has 2 rings (SSSR count). The number of hydrogen-bond donors (Lipinski definition) is 3. The maximum atomic E-state index is 13.5. The summed E-state index contributed by atoms with van der Waals surface area (Å²) in [4.78, 5) is 22.8. The highest BCUT2D eigenvalue weighted by Crippen LogP contribution is 2.29. The molecule has 1 aliphatic rings. The molecule has 2 amide bonds. The number of nitrogens with one attached hydrogen (secondary N) is 2. The molecule has 1 fully saturated rings. The number of halogens is 1. The van der Waals surface area contributed by atoms with Gasteiger partial charge < -0.3 is 15.7 Å². The lowest BCUT2D eigenvalue weighted by atomic mass is 10.1. The zero-order valence-electron chi connectivity index (χ0n) is 11.9. The Morgan fingerprint density at radius 1 is 1.38 bits per heavy atom. The predicted molar refractivity (Wildman–Crippen MR) is 76.9 cm³/mol. The van der Waals surface area contributed by atoms with Gasteiger partial charge in [-0.1, -0.05) is 19.4 Å². The number of carbonyl (C=O) groups excluding carboxylic acids is 1. The Bertz CT molecular complexity index is 548. The second-order valence-corrected chi connectivity index (χ2v) is 5.59. The van der Waals surface area contributed by atoms with Crippen molar-refractivity contribution < 1.29 is 19.1 Å². The van der Waals surface area contributed by atoms with Crippen LogP contribution in [0.15, 0.2) is 18.2 Å². The van der Waals surface area contributed by atoms with Crippen molar-refractivity contribution in [3.05, 3.63) is 29.6 Å². The van der Waals surface area contributed by atoms with Crippen molar-refractivity contribution in [3.63, 3.8) is 0 Å². The maximum Gasteiger partial charge on any atom is 0.340 e. The van der Waals surface area contributed by atoms with Gasteiger partial charge in [0, 0.05) is 6.54 Å². The molecule has 2 unspecified atom stereocenters. The number of carbonyl (C=O) groups is 2. The molecule has 3 N–H and O–H groups in total. The predicted octanol–water partition coefficient (Wildman–Crippen LogP) is 3.08. The van der Waals surface area contributed by atoms with Gasteiger partial charge in [-0.25, -0.2) is 14.0 Å². The van der Waals surface area contributed by atoms with Gasteiger partial charge in [-0.2, -0.15) is 0 Å². The fraction of sp³-hybridized carbons (Fsp3) is 0.467. The highest BCUT2D eigenvalue weighted by atomic mass is 19.1. The third kappa shape index (κ3) is 3.93. The summed E-state index contributed by atoms with van der Waals surface area (Å²) >= 11 is 0. The Balaban J connectivity index is 1.94. The van der Waals surface area contributed by atoms with E-state index >= 15 is 0 Å². The molecule has 0 heterocycles. The molecular weight excluding hydrogens is 275 g/mol. The van der Waals surface area contributed by atoms with E-state index in [9.17, 15) is 14.0 Å². The van der Waals surface area contributed by atoms with Gasteiger partial charge in [-0.15, -0.1) is 0 Å². The first-order chi connectivity index (χ1) is 9.97. The first-order valence-corrected chi connectivity index (χ1v) is 7.04. The minimum absolute atomic E-state index is 0.0419. The summed E-state index contributed by atoms with van der Waals surface area (Å²) < 4.78 is 13.5. The summed E-state index contributed by atoms with van der Waals surface area (Å²) in [7, 11) is 0. The van der Waals surface area contributed by atoms with Crippen molar-refractivity contribution >= 4 is 17.7 Å². The Hall–Kier alpha value is -2.11. The largest absolute Gasteiger partial charge is 0.478 e. The molecule has 0 spiro atoms. The number of rotatable bonds is 4. The monoisotopic (exact) mass is 294 g/mol. The smallest absolute Gasteiger partial charge is 0.340 e. The normalized spacial score (nSPS) is 21.0. The highest BCUT2D eigenvalue weighted by molar-refractivity contribution is 6.00. The van der Waals surface area contributed by atoms with E-state index in [0.29, 0.717) is 18.4 Å². The van der Waals surface area contributed by atoms with Crippen LogP contribution in [0.4, 0.5) is 14.9 Å². The van der Waals surface area contributed by atoms with E-state index in [1.807, 2.05) is 0 Å². The molecule has 6 heteroatoms. The first kappa shape index (κ1) is 15.3. The molecule has 0 bridgehead atoms. The zero-order chi connectivity index (χ0) is 15.4. The lowest BCUT2D eigenvalue weighted by molar-refractivity contribution is 0.0693. The number of amides is 2. The number of benzene rings is 1. The van der Waals surface area contributed by atoms with Gasteiger partial charge in [0.15, 0.2) is 0 Å². The molecule has 0 radical (unpaired) electrons. The van der Waals surface area contributed by atoms with Crippen LogP contribution in [0, 0.1) is 17.7 Å². The zero-order valence-corrected chi connectivity index (χ0v) is 11.9. The number of carboxylic acid groups (broad SMARTS) is 1. The second kappa shape index (κ2) is 6.56. The van der Waals surface area contributed by atoms with Crippen molar-refractivity contribution in [2.24, 2.45) is 11.8 Å². The molecule has 5 nitrogen and oxygen atoms in total. The molecule has 0 aliphatic heterocycles. The van der Waals surface area contributed by atoms with E-state index in [1.54, 1.807) is 0 Å². The van der Waals surface area contributed by atoms with E-state index in [0.717, 1.165) is 18.9 Å². The summed E-state index contributed by atoms with van der Waals surface area (Å²) in [5, 5.41) is 14.1. The van der Waals surface area contributed by atoms with Gasteiger partial charge in [0.1, 0.15) is 11.4 Å². The van der Waals surface area contributed by atoms with Crippen LogP contribution in [0.2, 0.25) is 0 Å². The lowest BCUT2D eigenvalue weighted by Gasteiger charge is -2.13. The van der Waals surface area contributed by atoms with Crippen molar-refractivity contribution in [1.29, 1.82) is 0 Å². The van der Waals surface area contributed by atoms with Crippen molar-refractivity contribution in [3.8, 4) is 0 Å². The van der Waals surface area contributed by atoms with E-state index < -0.39 is 23.4 Å². The summed E-state index contributed by atoms with van der Waals surface area (Å²) in [5.41, 5.74) is -0.568. The number of urea groups is 1. The average Bonchev–Trinajstić information content (AvgIpc) is 2.82. The summed E-state index contributed by atoms with van der Waals surface area (Å²) in [6.07, 6.45) is 3.34. The van der Waals surface area contributed by atoms with Crippen LogP contribution >= 0.6 is 0 Å². The summed E-state index contributed by atoms with van der Waals surface area (Å²) in [6, 6.07) is 3.26. The van der Waals surface area contributed by atoms with Crippen LogP contribution in [0.5, 0.6) is 0 Å². The van der Waals surface area contributed by atoms with E-state index in [1.165, 1.54) is 18.6 Å². The third-order valence-electron chi connectivity index (χ3n) is 3.83. The van der Waals surface area contributed by atoms with Crippen LogP contribution in [-0.4, -0.2) is 23.7 Å². The van der Waals surface area contributed by atoms with Gasteiger partial charge in [0.05, 0.1) is 5.69 Å². The van der Waals surface area contributed by atoms with Crippen molar-refractivity contribution in [2.45, 2.75) is 26.2 Å². The molecule has 21 heavy (non-hydrogen) atoms. The Labute approximate surface area is 122 Å². The number of carboxylic acids is 1. The van der Waals surface area contributed by atoms with Crippen LogP contribution in [0.25, 0.3) is 0 Å². The van der Waals surface area contributed by atoms with Gasteiger partial charge in [0.2, 0.25) is 0 Å². The van der Waals surface area contributed by atoms with Gasteiger partial charge in [0.25, 0.3) is 0 Å². The molecule has 2 atom stereocenters. The van der Waals surface area contributed by atoms with Gasteiger partial charge >= 0.3 is 12.0 Å². The van der Waals surface area contributed by atoms with Crippen molar-refractivity contribution in [1.82, 2.24) is 5.32 Å². The first-order valence-electron chi connectivity index (χ1n) is 7.04. The highest BCUT2D eigenvalue weighted by Gasteiger charge is 2.22.